The van der Waals surface area contributed by atoms with Crippen LogP contribution in [0.15, 0.2) is 48.8 Å². The van der Waals surface area contributed by atoms with Gasteiger partial charge in [-0.3, -0.25) is 0 Å². The lowest BCUT2D eigenvalue weighted by Crippen LogP contribution is -2.10. The van der Waals surface area contributed by atoms with E-state index in [0.717, 1.165) is 22.9 Å². The van der Waals surface area contributed by atoms with E-state index in [1.165, 1.54) is 24.5 Å². The van der Waals surface area contributed by atoms with Gasteiger partial charge < -0.3 is 16.4 Å². The van der Waals surface area contributed by atoms with Crippen molar-refractivity contribution >= 4 is 28.7 Å². The monoisotopic (exact) mass is 373 g/mol. The van der Waals surface area contributed by atoms with E-state index in [-0.39, 0.29) is 17.2 Å². The van der Waals surface area contributed by atoms with E-state index < -0.39 is 11.7 Å². The zero-order valence-corrected chi connectivity index (χ0v) is 14.7. The van der Waals surface area contributed by atoms with Crippen LogP contribution in [0, 0.1) is 13.8 Å². The predicted molar refractivity (Wildman–Crippen MR) is 100 cm³/mol. The average molecular weight is 373 g/mol. The largest absolute Gasteiger partial charge is 0.418 e. The summed E-state index contributed by atoms with van der Waals surface area (Å²) in [5, 5.41) is 5.75. The lowest BCUT2D eigenvalue weighted by atomic mass is 10.1. The van der Waals surface area contributed by atoms with Crippen LogP contribution in [0.4, 0.5) is 41.9 Å². The zero-order valence-electron chi connectivity index (χ0n) is 14.7. The van der Waals surface area contributed by atoms with Crippen LogP contribution in [0.25, 0.3) is 0 Å². The Morgan fingerprint density at radius 3 is 2.11 bits per heavy atom. The first-order chi connectivity index (χ1) is 12.7. The quantitative estimate of drug-likeness (QED) is 0.587. The number of aromatic nitrogens is 2. The second-order valence-electron chi connectivity index (χ2n) is 6.15. The van der Waals surface area contributed by atoms with Gasteiger partial charge in [0.05, 0.1) is 11.3 Å². The van der Waals surface area contributed by atoms with Crippen LogP contribution in [-0.2, 0) is 6.18 Å². The van der Waals surface area contributed by atoms with E-state index in [9.17, 15) is 13.2 Å². The van der Waals surface area contributed by atoms with E-state index in [4.69, 9.17) is 5.73 Å². The van der Waals surface area contributed by atoms with Gasteiger partial charge in [0.15, 0.2) is 11.6 Å². The fraction of sp³-hybridized carbons (Fsp3) is 0.158. The second-order valence-corrected chi connectivity index (χ2v) is 6.15. The van der Waals surface area contributed by atoms with Crippen molar-refractivity contribution in [3.8, 4) is 0 Å². The van der Waals surface area contributed by atoms with Gasteiger partial charge in [0.2, 0.25) is 0 Å². The third-order valence-electron chi connectivity index (χ3n) is 3.85. The Morgan fingerprint density at radius 2 is 1.48 bits per heavy atom. The second kappa shape index (κ2) is 7.14. The summed E-state index contributed by atoms with van der Waals surface area (Å²) in [5.74, 6) is 0.399. The number of halogens is 3. The van der Waals surface area contributed by atoms with Gasteiger partial charge in [0, 0.05) is 5.69 Å². The van der Waals surface area contributed by atoms with Crippen molar-refractivity contribution in [1.82, 2.24) is 9.97 Å². The third kappa shape index (κ3) is 4.28. The van der Waals surface area contributed by atoms with E-state index in [0.29, 0.717) is 5.82 Å². The highest BCUT2D eigenvalue weighted by Gasteiger charge is 2.33. The summed E-state index contributed by atoms with van der Waals surface area (Å²) >= 11 is 0. The molecule has 0 bridgehead atoms. The minimum absolute atomic E-state index is 0.0913. The number of nitrogens with zero attached hydrogens (tertiary/aromatic N) is 2. The van der Waals surface area contributed by atoms with Crippen LogP contribution in [-0.4, -0.2) is 9.97 Å². The average Bonchev–Trinajstić information content (AvgIpc) is 2.57. The Morgan fingerprint density at radius 1 is 0.889 bits per heavy atom. The van der Waals surface area contributed by atoms with Crippen LogP contribution in [0.2, 0.25) is 0 Å². The molecule has 4 N–H and O–H groups in total. The number of anilines is 5. The molecule has 3 aromatic rings. The molecule has 1 aromatic heterocycles. The fourth-order valence-electron chi connectivity index (χ4n) is 2.75. The van der Waals surface area contributed by atoms with Crippen LogP contribution in [0.3, 0.4) is 0 Å². The highest BCUT2D eigenvalue weighted by Crippen LogP contribution is 2.37. The molecule has 0 spiro atoms. The van der Waals surface area contributed by atoms with Crippen molar-refractivity contribution in [3.05, 3.63) is 65.5 Å². The first kappa shape index (κ1) is 18.5. The van der Waals surface area contributed by atoms with Crippen molar-refractivity contribution < 1.29 is 13.2 Å². The summed E-state index contributed by atoms with van der Waals surface area (Å²) in [5.41, 5.74) is 8.16. The number of nitrogens with two attached hydrogens (primary N) is 1. The number of nitrogens with one attached hydrogen (secondary N) is 2. The highest BCUT2D eigenvalue weighted by molar-refractivity contribution is 5.81. The molecular weight excluding hydrogens is 355 g/mol. The van der Waals surface area contributed by atoms with Crippen molar-refractivity contribution in [2.45, 2.75) is 20.0 Å². The Labute approximate surface area is 154 Å². The lowest BCUT2D eigenvalue weighted by molar-refractivity contribution is -0.136. The van der Waals surface area contributed by atoms with Gasteiger partial charge in [-0.15, -0.1) is 0 Å². The molecule has 0 saturated heterocycles. The summed E-state index contributed by atoms with van der Waals surface area (Å²) in [6.07, 6.45) is -3.26. The van der Waals surface area contributed by atoms with Crippen molar-refractivity contribution in [2.24, 2.45) is 0 Å². The topological polar surface area (TPSA) is 75.9 Å². The number of alkyl halides is 3. The number of benzene rings is 2. The lowest BCUT2D eigenvalue weighted by Gasteiger charge is -2.16. The van der Waals surface area contributed by atoms with E-state index >= 15 is 0 Å². The van der Waals surface area contributed by atoms with Crippen molar-refractivity contribution in [2.75, 3.05) is 16.4 Å². The molecule has 1 heterocycles. The van der Waals surface area contributed by atoms with Crippen LogP contribution in [0.5, 0.6) is 0 Å². The summed E-state index contributed by atoms with van der Waals surface area (Å²) in [6, 6.07) is 11.0. The minimum atomic E-state index is -4.49. The molecule has 8 heteroatoms. The molecule has 0 atom stereocenters. The van der Waals surface area contributed by atoms with Crippen LogP contribution >= 0.6 is 0 Å². The Hall–Kier alpha value is -3.29. The summed E-state index contributed by atoms with van der Waals surface area (Å²) < 4.78 is 39.5. The molecule has 5 nitrogen and oxygen atoms in total. The summed E-state index contributed by atoms with van der Waals surface area (Å²) in [7, 11) is 0. The molecule has 0 radical (unpaired) electrons. The molecule has 140 valence electrons. The van der Waals surface area contributed by atoms with E-state index in [1.807, 2.05) is 32.0 Å². The van der Waals surface area contributed by atoms with E-state index in [1.54, 1.807) is 0 Å². The van der Waals surface area contributed by atoms with Gasteiger partial charge >= 0.3 is 6.18 Å². The number of aryl methyl sites for hydroxylation is 2. The number of para-hydroxylation sites is 1. The van der Waals surface area contributed by atoms with Gasteiger partial charge in [0.25, 0.3) is 0 Å². The van der Waals surface area contributed by atoms with Crippen LogP contribution in [0.1, 0.15) is 16.7 Å². The highest BCUT2D eigenvalue weighted by atomic mass is 19.4. The van der Waals surface area contributed by atoms with Gasteiger partial charge in [-0.2, -0.15) is 13.2 Å². The molecule has 0 unspecified atom stereocenters. The maximum absolute atomic E-state index is 13.2. The summed E-state index contributed by atoms with van der Waals surface area (Å²) in [4.78, 5) is 8.08. The molecule has 3 rings (SSSR count). The van der Waals surface area contributed by atoms with Gasteiger partial charge in [-0.05, 0) is 49.2 Å². The molecule has 0 aliphatic carbocycles. The van der Waals surface area contributed by atoms with Crippen molar-refractivity contribution in [1.29, 1.82) is 0 Å². The SMILES string of the molecule is Cc1cc(C)cc(Nc2ncnc(Nc3ccccc3C(F)(F)F)c2N)c1. The molecule has 0 amide bonds. The maximum Gasteiger partial charge on any atom is 0.418 e. The molecule has 0 saturated carbocycles. The van der Waals surface area contributed by atoms with Crippen LogP contribution < -0.4 is 16.4 Å². The maximum atomic E-state index is 13.2. The number of nitrogen functional groups attached to an aromatic ring is 1. The standard InChI is InChI=1S/C19H18F3N5/c1-11-7-12(2)9-13(8-11)26-17-16(23)18(25-10-24-17)27-15-6-4-3-5-14(15)19(20,21)22/h3-10H,23H2,1-2H3,(H2,24,25,26,27). The van der Waals surface area contributed by atoms with Gasteiger partial charge in [-0.1, -0.05) is 18.2 Å². The minimum Gasteiger partial charge on any atom is -0.393 e. The molecule has 2 aromatic carbocycles. The Kier molecular flexibility index (Phi) is 4.89. The Balaban J connectivity index is 1.92. The number of rotatable bonds is 4. The molecule has 0 fully saturated rings. The zero-order chi connectivity index (χ0) is 19.6. The molecule has 27 heavy (non-hydrogen) atoms. The number of hydrogen-bond donors (Lipinski definition) is 3. The van der Waals surface area contributed by atoms with Crippen molar-refractivity contribution in [3.63, 3.8) is 0 Å². The summed E-state index contributed by atoms with van der Waals surface area (Å²) in [6.45, 7) is 3.92. The first-order valence-corrected chi connectivity index (χ1v) is 8.13. The number of hydrogen-bond acceptors (Lipinski definition) is 5. The normalized spacial score (nSPS) is 11.3. The fourth-order valence-corrected chi connectivity index (χ4v) is 2.75. The molecule has 0 aliphatic heterocycles. The third-order valence-corrected chi connectivity index (χ3v) is 3.85. The van der Waals surface area contributed by atoms with Gasteiger partial charge in [0.1, 0.15) is 12.0 Å². The van der Waals surface area contributed by atoms with Gasteiger partial charge in [-0.25, -0.2) is 9.97 Å². The molecular formula is C19H18F3N5. The predicted octanol–water partition coefficient (Wildman–Crippen LogP) is 5.18. The van der Waals surface area contributed by atoms with E-state index in [2.05, 4.69) is 20.6 Å². The Bertz CT molecular complexity index is 950. The smallest absolute Gasteiger partial charge is 0.393 e. The first-order valence-electron chi connectivity index (χ1n) is 8.13. The molecule has 0 aliphatic rings.